The zero-order valence-corrected chi connectivity index (χ0v) is 8.88. The SMILES string of the molecule is CCC1C[C@@H](C)CCC1OC(C)=O. The molecule has 0 bridgehead atoms. The summed E-state index contributed by atoms with van der Waals surface area (Å²) in [6.45, 7) is 5.97. The van der Waals surface area contributed by atoms with Gasteiger partial charge in [-0.25, -0.2) is 0 Å². The number of hydrogen-bond donors (Lipinski definition) is 0. The molecular weight excluding hydrogens is 164 g/mol. The van der Waals surface area contributed by atoms with Crippen molar-refractivity contribution in [1.82, 2.24) is 0 Å². The normalized spacial score (nSPS) is 34.2. The van der Waals surface area contributed by atoms with Gasteiger partial charge in [0, 0.05) is 6.92 Å². The van der Waals surface area contributed by atoms with Crippen LogP contribution in [0.3, 0.4) is 0 Å². The number of rotatable bonds is 2. The van der Waals surface area contributed by atoms with E-state index in [1.165, 1.54) is 19.8 Å². The Morgan fingerprint density at radius 3 is 2.69 bits per heavy atom. The Morgan fingerprint density at radius 2 is 2.15 bits per heavy atom. The zero-order valence-electron chi connectivity index (χ0n) is 8.88. The lowest BCUT2D eigenvalue weighted by Crippen LogP contribution is -2.31. The van der Waals surface area contributed by atoms with Crippen molar-refractivity contribution in [2.45, 2.75) is 52.6 Å². The Hall–Kier alpha value is -0.530. The number of ether oxygens (including phenoxy) is 1. The van der Waals surface area contributed by atoms with Crippen molar-refractivity contribution in [1.29, 1.82) is 0 Å². The molecule has 2 heteroatoms. The molecule has 76 valence electrons. The average molecular weight is 184 g/mol. The highest BCUT2D eigenvalue weighted by Crippen LogP contribution is 2.32. The van der Waals surface area contributed by atoms with Gasteiger partial charge in [-0.2, -0.15) is 0 Å². The van der Waals surface area contributed by atoms with Gasteiger partial charge in [0.1, 0.15) is 6.10 Å². The summed E-state index contributed by atoms with van der Waals surface area (Å²) in [5.74, 6) is 1.27. The zero-order chi connectivity index (χ0) is 9.84. The molecule has 1 rings (SSSR count). The molecule has 0 aromatic rings. The van der Waals surface area contributed by atoms with Gasteiger partial charge < -0.3 is 4.74 Å². The van der Waals surface area contributed by atoms with Crippen LogP contribution in [0, 0.1) is 11.8 Å². The van der Waals surface area contributed by atoms with Crippen LogP contribution in [-0.4, -0.2) is 12.1 Å². The molecule has 0 aromatic heterocycles. The second-order valence-electron chi connectivity index (χ2n) is 4.23. The van der Waals surface area contributed by atoms with Crippen molar-refractivity contribution in [3.8, 4) is 0 Å². The molecule has 0 aliphatic heterocycles. The van der Waals surface area contributed by atoms with Crippen LogP contribution in [-0.2, 0) is 9.53 Å². The van der Waals surface area contributed by atoms with Crippen LogP contribution in [0.4, 0.5) is 0 Å². The Labute approximate surface area is 80.7 Å². The van der Waals surface area contributed by atoms with Crippen molar-refractivity contribution < 1.29 is 9.53 Å². The second-order valence-corrected chi connectivity index (χ2v) is 4.23. The molecule has 2 unspecified atom stereocenters. The van der Waals surface area contributed by atoms with E-state index in [1.54, 1.807) is 0 Å². The van der Waals surface area contributed by atoms with E-state index in [0.717, 1.165) is 18.8 Å². The van der Waals surface area contributed by atoms with Gasteiger partial charge in [0.15, 0.2) is 0 Å². The molecule has 0 amide bonds. The van der Waals surface area contributed by atoms with Crippen LogP contribution in [0.2, 0.25) is 0 Å². The third-order valence-electron chi connectivity index (χ3n) is 3.02. The van der Waals surface area contributed by atoms with Crippen molar-refractivity contribution >= 4 is 5.97 Å². The lowest BCUT2D eigenvalue weighted by atomic mass is 9.79. The molecule has 3 atom stereocenters. The van der Waals surface area contributed by atoms with Gasteiger partial charge in [0.2, 0.25) is 0 Å². The number of carbonyl (C=O) groups excluding carboxylic acids is 1. The minimum atomic E-state index is -0.127. The van der Waals surface area contributed by atoms with Crippen molar-refractivity contribution in [3.63, 3.8) is 0 Å². The number of carbonyl (C=O) groups is 1. The molecular formula is C11H20O2. The van der Waals surface area contributed by atoms with Crippen LogP contribution >= 0.6 is 0 Å². The lowest BCUT2D eigenvalue weighted by molar-refractivity contribution is -0.151. The molecule has 1 saturated carbocycles. The quantitative estimate of drug-likeness (QED) is 0.617. The summed E-state index contributed by atoms with van der Waals surface area (Å²) >= 11 is 0. The third kappa shape index (κ3) is 3.02. The molecule has 0 heterocycles. The molecule has 0 saturated heterocycles. The van der Waals surface area contributed by atoms with E-state index in [9.17, 15) is 4.79 Å². The molecule has 2 nitrogen and oxygen atoms in total. The summed E-state index contributed by atoms with van der Waals surface area (Å²) in [4.78, 5) is 10.8. The van der Waals surface area contributed by atoms with Crippen LogP contribution in [0.1, 0.15) is 46.5 Å². The van der Waals surface area contributed by atoms with E-state index in [4.69, 9.17) is 4.74 Å². The molecule has 1 fully saturated rings. The Morgan fingerprint density at radius 1 is 1.46 bits per heavy atom. The molecule has 0 aromatic carbocycles. The maximum Gasteiger partial charge on any atom is 0.302 e. The van der Waals surface area contributed by atoms with E-state index in [-0.39, 0.29) is 12.1 Å². The van der Waals surface area contributed by atoms with Crippen molar-refractivity contribution in [3.05, 3.63) is 0 Å². The Bertz CT molecular complexity index is 177. The first-order valence-corrected chi connectivity index (χ1v) is 5.30. The van der Waals surface area contributed by atoms with E-state index in [0.29, 0.717) is 5.92 Å². The van der Waals surface area contributed by atoms with E-state index < -0.39 is 0 Å². The summed E-state index contributed by atoms with van der Waals surface area (Å²) in [7, 11) is 0. The molecule has 13 heavy (non-hydrogen) atoms. The van der Waals surface area contributed by atoms with Crippen LogP contribution in [0.5, 0.6) is 0 Å². The van der Waals surface area contributed by atoms with Crippen molar-refractivity contribution in [2.24, 2.45) is 11.8 Å². The summed E-state index contributed by atoms with van der Waals surface area (Å²) in [6.07, 6.45) is 4.79. The van der Waals surface area contributed by atoms with Gasteiger partial charge in [0.05, 0.1) is 0 Å². The first kappa shape index (κ1) is 10.6. The fourth-order valence-electron chi connectivity index (χ4n) is 2.27. The van der Waals surface area contributed by atoms with E-state index in [1.807, 2.05) is 0 Å². The largest absolute Gasteiger partial charge is 0.462 e. The van der Waals surface area contributed by atoms with Gasteiger partial charge >= 0.3 is 5.97 Å². The summed E-state index contributed by atoms with van der Waals surface area (Å²) < 4.78 is 5.30. The summed E-state index contributed by atoms with van der Waals surface area (Å²) in [6, 6.07) is 0. The van der Waals surface area contributed by atoms with Gasteiger partial charge in [-0.05, 0) is 37.5 Å². The minimum Gasteiger partial charge on any atom is -0.462 e. The van der Waals surface area contributed by atoms with Gasteiger partial charge in [-0.15, -0.1) is 0 Å². The molecule has 1 aliphatic rings. The van der Waals surface area contributed by atoms with Crippen LogP contribution in [0.15, 0.2) is 0 Å². The van der Waals surface area contributed by atoms with Gasteiger partial charge in [-0.3, -0.25) is 4.79 Å². The highest BCUT2D eigenvalue weighted by Gasteiger charge is 2.29. The molecule has 0 N–H and O–H groups in total. The van der Waals surface area contributed by atoms with Gasteiger partial charge in [-0.1, -0.05) is 13.8 Å². The lowest BCUT2D eigenvalue weighted by Gasteiger charge is -2.33. The van der Waals surface area contributed by atoms with E-state index >= 15 is 0 Å². The third-order valence-corrected chi connectivity index (χ3v) is 3.02. The Balaban J connectivity index is 2.47. The first-order valence-electron chi connectivity index (χ1n) is 5.30. The topological polar surface area (TPSA) is 26.3 Å². The molecule has 0 radical (unpaired) electrons. The van der Waals surface area contributed by atoms with Crippen molar-refractivity contribution in [2.75, 3.05) is 0 Å². The maximum atomic E-state index is 10.8. The predicted molar refractivity (Wildman–Crippen MR) is 52.4 cm³/mol. The smallest absolute Gasteiger partial charge is 0.302 e. The van der Waals surface area contributed by atoms with E-state index in [2.05, 4.69) is 13.8 Å². The highest BCUT2D eigenvalue weighted by atomic mass is 16.5. The maximum absolute atomic E-state index is 10.8. The summed E-state index contributed by atoms with van der Waals surface area (Å²) in [5, 5.41) is 0. The second kappa shape index (κ2) is 4.64. The first-order chi connectivity index (χ1) is 6.13. The number of esters is 1. The average Bonchev–Trinajstić information content (AvgIpc) is 2.07. The highest BCUT2D eigenvalue weighted by molar-refractivity contribution is 5.66. The molecule has 0 spiro atoms. The predicted octanol–water partition coefficient (Wildman–Crippen LogP) is 2.76. The van der Waals surface area contributed by atoms with Crippen LogP contribution in [0.25, 0.3) is 0 Å². The molecule has 1 aliphatic carbocycles. The van der Waals surface area contributed by atoms with Gasteiger partial charge in [0.25, 0.3) is 0 Å². The summed E-state index contributed by atoms with van der Waals surface area (Å²) in [5.41, 5.74) is 0. The fourth-order valence-corrected chi connectivity index (χ4v) is 2.27. The fraction of sp³-hybridized carbons (Fsp3) is 0.909. The Kier molecular flexibility index (Phi) is 3.76. The standard InChI is InChI=1S/C11H20O2/c1-4-10-7-8(2)5-6-11(10)13-9(3)12/h8,10-11H,4-7H2,1-3H3/t8-,10?,11?/m0/s1. The van der Waals surface area contributed by atoms with Crippen LogP contribution < -0.4 is 0 Å². The monoisotopic (exact) mass is 184 g/mol. The number of hydrogen-bond acceptors (Lipinski definition) is 2. The minimum absolute atomic E-state index is 0.127.